The molecule has 1 heterocycles. The monoisotopic (exact) mass is 247 g/mol. The Labute approximate surface area is 105 Å². The van der Waals surface area contributed by atoms with Gasteiger partial charge in [-0.1, -0.05) is 0 Å². The van der Waals surface area contributed by atoms with Gasteiger partial charge in [-0.05, 0) is 43.3 Å². The predicted molar refractivity (Wildman–Crippen MR) is 67.0 cm³/mol. The molecule has 1 aromatic heterocycles. The first-order chi connectivity index (χ1) is 8.74. The van der Waals surface area contributed by atoms with E-state index in [-0.39, 0.29) is 12.4 Å². The van der Waals surface area contributed by atoms with E-state index in [1.807, 2.05) is 11.8 Å². The van der Waals surface area contributed by atoms with Gasteiger partial charge < -0.3 is 10.0 Å². The highest BCUT2D eigenvalue weighted by molar-refractivity contribution is 5.59. The fraction of sp³-hybridized carbons (Fsp3) is 0.231. The molecule has 0 unspecified atom stereocenters. The van der Waals surface area contributed by atoms with Gasteiger partial charge in [-0.3, -0.25) is 0 Å². The first kappa shape index (κ1) is 12.4. The van der Waals surface area contributed by atoms with Crippen LogP contribution in [0.4, 0.5) is 15.9 Å². The zero-order valence-corrected chi connectivity index (χ0v) is 10.0. The van der Waals surface area contributed by atoms with Gasteiger partial charge in [0.25, 0.3) is 0 Å². The molecule has 18 heavy (non-hydrogen) atoms. The Morgan fingerprint density at radius 1 is 1.11 bits per heavy atom. The molecule has 2 aromatic rings. The number of aromatic nitrogens is 2. The molecule has 94 valence electrons. The Hall–Kier alpha value is -2.01. The van der Waals surface area contributed by atoms with Crippen molar-refractivity contribution in [1.29, 1.82) is 0 Å². The van der Waals surface area contributed by atoms with Gasteiger partial charge >= 0.3 is 0 Å². The third-order valence-corrected chi connectivity index (χ3v) is 2.60. The number of hydrogen-bond donors (Lipinski definition) is 1. The summed E-state index contributed by atoms with van der Waals surface area (Å²) >= 11 is 0. The van der Waals surface area contributed by atoms with Crippen molar-refractivity contribution < 1.29 is 9.50 Å². The quantitative estimate of drug-likeness (QED) is 0.900. The summed E-state index contributed by atoms with van der Waals surface area (Å²) in [5.74, 6) is 0.401. The highest BCUT2D eigenvalue weighted by Gasteiger charge is 2.09. The van der Waals surface area contributed by atoms with Crippen molar-refractivity contribution in [3.8, 4) is 0 Å². The summed E-state index contributed by atoms with van der Waals surface area (Å²) in [4.78, 5) is 1.91. The van der Waals surface area contributed by atoms with Gasteiger partial charge in [0.1, 0.15) is 5.82 Å². The van der Waals surface area contributed by atoms with E-state index < -0.39 is 0 Å². The molecule has 1 N–H and O–H groups in total. The number of halogens is 1. The molecule has 0 amide bonds. The Kier molecular flexibility index (Phi) is 3.84. The van der Waals surface area contributed by atoms with Crippen molar-refractivity contribution >= 4 is 11.5 Å². The molecule has 0 aliphatic rings. The largest absolute Gasteiger partial charge is 0.390 e. The van der Waals surface area contributed by atoms with E-state index in [2.05, 4.69) is 10.2 Å². The van der Waals surface area contributed by atoms with E-state index in [9.17, 15) is 4.39 Å². The van der Waals surface area contributed by atoms with E-state index in [1.54, 1.807) is 24.3 Å². The molecule has 0 spiro atoms. The van der Waals surface area contributed by atoms with Gasteiger partial charge in [-0.2, -0.15) is 5.10 Å². The number of anilines is 2. The molecule has 0 aliphatic carbocycles. The van der Waals surface area contributed by atoms with Crippen LogP contribution in [-0.2, 0) is 6.61 Å². The van der Waals surface area contributed by atoms with Crippen LogP contribution in [0.3, 0.4) is 0 Å². The van der Waals surface area contributed by atoms with Crippen molar-refractivity contribution in [2.24, 2.45) is 0 Å². The van der Waals surface area contributed by atoms with Crippen molar-refractivity contribution in [3.63, 3.8) is 0 Å². The molecule has 0 atom stereocenters. The highest BCUT2D eigenvalue weighted by atomic mass is 19.1. The Bertz CT molecular complexity index is 499. The molecule has 0 bridgehead atoms. The molecule has 5 heteroatoms. The molecule has 0 fully saturated rings. The normalized spacial score (nSPS) is 10.4. The van der Waals surface area contributed by atoms with Gasteiger partial charge in [0.05, 0.1) is 12.3 Å². The van der Waals surface area contributed by atoms with Crippen LogP contribution >= 0.6 is 0 Å². The first-order valence-corrected chi connectivity index (χ1v) is 5.71. The number of benzene rings is 1. The second-order valence-corrected chi connectivity index (χ2v) is 3.76. The Morgan fingerprint density at radius 2 is 1.83 bits per heavy atom. The maximum absolute atomic E-state index is 12.9. The van der Waals surface area contributed by atoms with E-state index in [1.165, 1.54) is 12.1 Å². The van der Waals surface area contributed by atoms with Gasteiger partial charge in [-0.25, -0.2) is 4.39 Å². The van der Waals surface area contributed by atoms with Crippen molar-refractivity contribution in [1.82, 2.24) is 10.2 Å². The third kappa shape index (κ3) is 2.62. The highest BCUT2D eigenvalue weighted by Crippen LogP contribution is 2.22. The zero-order valence-electron chi connectivity index (χ0n) is 10.0. The maximum atomic E-state index is 12.9. The van der Waals surface area contributed by atoms with Gasteiger partial charge in [0, 0.05) is 12.2 Å². The van der Waals surface area contributed by atoms with Gasteiger partial charge in [0.15, 0.2) is 5.82 Å². The van der Waals surface area contributed by atoms with Crippen LogP contribution in [0.2, 0.25) is 0 Å². The Morgan fingerprint density at radius 3 is 2.33 bits per heavy atom. The van der Waals surface area contributed by atoms with Crippen LogP contribution in [-0.4, -0.2) is 21.8 Å². The number of hydrogen-bond acceptors (Lipinski definition) is 4. The lowest BCUT2D eigenvalue weighted by atomic mass is 10.2. The summed E-state index contributed by atoms with van der Waals surface area (Å²) in [5, 5.41) is 16.8. The molecular formula is C13H14FN3O. The SMILES string of the molecule is CCN(c1ccc(F)cc1)c1ccc(CO)nn1. The third-order valence-electron chi connectivity index (χ3n) is 2.60. The van der Waals surface area contributed by atoms with E-state index in [0.29, 0.717) is 18.1 Å². The molecule has 0 saturated carbocycles. The maximum Gasteiger partial charge on any atom is 0.155 e. The molecule has 1 aromatic carbocycles. The topological polar surface area (TPSA) is 49.2 Å². The van der Waals surface area contributed by atoms with Crippen LogP contribution in [0.25, 0.3) is 0 Å². The molecule has 0 saturated heterocycles. The average molecular weight is 247 g/mol. The minimum atomic E-state index is -0.267. The minimum absolute atomic E-state index is 0.129. The smallest absolute Gasteiger partial charge is 0.155 e. The molecule has 0 aliphatic heterocycles. The standard InChI is InChI=1S/C13H14FN3O/c1-2-17(12-6-3-10(14)4-7-12)13-8-5-11(9-18)15-16-13/h3-8,18H,2,9H2,1H3. The minimum Gasteiger partial charge on any atom is -0.390 e. The predicted octanol–water partition coefficient (Wildman–Crippen LogP) is 2.27. The molecular weight excluding hydrogens is 233 g/mol. The zero-order chi connectivity index (χ0) is 13.0. The molecule has 0 radical (unpaired) electrons. The van der Waals surface area contributed by atoms with E-state index >= 15 is 0 Å². The summed E-state index contributed by atoms with van der Waals surface area (Å²) in [6, 6.07) is 9.71. The van der Waals surface area contributed by atoms with Crippen LogP contribution in [0.1, 0.15) is 12.6 Å². The number of aliphatic hydroxyl groups is 1. The fourth-order valence-corrected chi connectivity index (χ4v) is 1.68. The van der Waals surface area contributed by atoms with Crippen LogP contribution in [0.15, 0.2) is 36.4 Å². The summed E-state index contributed by atoms with van der Waals surface area (Å²) in [6.07, 6.45) is 0. The number of aliphatic hydroxyl groups excluding tert-OH is 1. The second-order valence-electron chi connectivity index (χ2n) is 3.76. The summed E-state index contributed by atoms with van der Waals surface area (Å²) in [6.45, 7) is 2.54. The fourth-order valence-electron chi connectivity index (χ4n) is 1.68. The number of nitrogens with zero attached hydrogens (tertiary/aromatic N) is 3. The van der Waals surface area contributed by atoms with Crippen LogP contribution in [0.5, 0.6) is 0 Å². The summed E-state index contributed by atoms with van der Waals surface area (Å²) in [5.41, 5.74) is 1.37. The molecule has 4 nitrogen and oxygen atoms in total. The summed E-state index contributed by atoms with van der Waals surface area (Å²) in [7, 11) is 0. The lowest BCUT2D eigenvalue weighted by molar-refractivity contribution is 0.275. The van der Waals surface area contributed by atoms with Crippen molar-refractivity contribution in [2.45, 2.75) is 13.5 Å². The van der Waals surface area contributed by atoms with Crippen LogP contribution in [0, 0.1) is 5.82 Å². The van der Waals surface area contributed by atoms with Gasteiger partial charge in [-0.15, -0.1) is 5.10 Å². The molecule has 2 rings (SSSR count). The lowest BCUT2D eigenvalue weighted by Crippen LogP contribution is -2.18. The van der Waals surface area contributed by atoms with Gasteiger partial charge in [0.2, 0.25) is 0 Å². The first-order valence-electron chi connectivity index (χ1n) is 5.71. The lowest BCUT2D eigenvalue weighted by Gasteiger charge is -2.21. The summed E-state index contributed by atoms with van der Waals surface area (Å²) < 4.78 is 12.9. The average Bonchev–Trinajstić information content (AvgIpc) is 2.42. The van der Waals surface area contributed by atoms with E-state index in [4.69, 9.17) is 5.11 Å². The van der Waals surface area contributed by atoms with Crippen LogP contribution < -0.4 is 4.90 Å². The second kappa shape index (κ2) is 5.55. The Balaban J connectivity index is 2.29. The van der Waals surface area contributed by atoms with E-state index in [0.717, 1.165) is 5.69 Å². The number of rotatable bonds is 4. The van der Waals surface area contributed by atoms with Crippen molar-refractivity contribution in [2.75, 3.05) is 11.4 Å². The van der Waals surface area contributed by atoms with Crippen molar-refractivity contribution in [3.05, 3.63) is 47.9 Å².